The molecule has 0 aliphatic rings. The molecule has 0 amide bonds. The Morgan fingerprint density at radius 2 is 1.39 bits per heavy atom. The Morgan fingerprint density at radius 1 is 0.871 bits per heavy atom. The quantitative estimate of drug-likeness (QED) is 0.201. The zero-order valence-electron chi connectivity index (χ0n) is 16.4. The van der Waals surface area contributed by atoms with Gasteiger partial charge in [-0.1, -0.05) is 24.3 Å². The van der Waals surface area contributed by atoms with Crippen molar-refractivity contribution in [3.05, 3.63) is 94.3 Å². The Morgan fingerprint density at radius 3 is 1.87 bits per heavy atom. The molecule has 0 fully saturated rings. The molecule has 0 atom stereocenters. The van der Waals surface area contributed by atoms with Crippen molar-refractivity contribution < 1.29 is 37.0 Å². The summed E-state index contributed by atoms with van der Waals surface area (Å²) in [6.45, 7) is 1.62. The Bertz CT molecular complexity index is 1070. The molecule has 162 valence electrons. The number of halogens is 4. The van der Waals surface area contributed by atoms with Crippen LogP contribution < -0.4 is 0 Å². The van der Waals surface area contributed by atoms with Gasteiger partial charge in [0.2, 0.25) is 0 Å². The summed E-state index contributed by atoms with van der Waals surface area (Å²) >= 11 is 0. The Balaban J connectivity index is 2.32. The number of rotatable bonds is 8. The summed E-state index contributed by atoms with van der Waals surface area (Å²) in [5.41, 5.74) is 0.0429. The van der Waals surface area contributed by atoms with Crippen molar-refractivity contribution in [1.82, 2.24) is 0 Å². The molecule has 0 bridgehead atoms. The lowest BCUT2D eigenvalue weighted by Gasteiger charge is -2.06. The monoisotopic (exact) mass is 434 g/mol. The maximum Gasteiger partial charge on any atom is 0.310 e. The van der Waals surface area contributed by atoms with Crippen LogP contribution in [0.2, 0.25) is 0 Å². The molecule has 2 aromatic carbocycles. The Hall–Kier alpha value is -3.68. The minimum Gasteiger partial charge on any atom is -0.508 e. The first-order chi connectivity index (χ1) is 14.7. The van der Waals surface area contributed by atoms with E-state index in [0.717, 1.165) is 36.4 Å². The summed E-state index contributed by atoms with van der Waals surface area (Å²) < 4.78 is 57.4. The van der Waals surface area contributed by atoms with Gasteiger partial charge >= 0.3 is 5.97 Å². The van der Waals surface area contributed by atoms with Gasteiger partial charge in [0, 0.05) is 0 Å². The average molecular weight is 434 g/mol. The van der Waals surface area contributed by atoms with E-state index >= 15 is 0 Å². The molecule has 0 unspecified atom stereocenters. The van der Waals surface area contributed by atoms with Gasteiger partial charge in [-0.05, 0) is 54.5 Å². The third-order valence-electron chi connectivity index (χ3n) is 3.98. The first-order valence-electron chi connectivity index (χ1n) is 9.09. The van der Waals surface area contributed by atoms with Gasteiger partial charge in [-0.2, -0.15) is 0 Å². The maximum absolute atomic E-state index is 13.3. The molecule has 31 heavy (non-hydrogen) atoms. The number of esters is 1. The zero-order valence-corrected chi connectivity index (χ0v) is 16.4. The third-order valence-corrected chi connectivity index (χ3v) is 3.98. The van der Waals surface area contributed by atoms with Crippen LogP contribution in [0.4, 0.5) is 17.6 Å². The van der Waals surface area contributed by atoms with E-state index in [0.29, 0.717) is 0 Å². The lowest BCUT2D eigenvalue weighted by atomic mass is 10.0. The predicted molar refractivity (Wildman–Crippen MR) is 107 cm³/mol. The topological polar surface area (TPSA) is 63.6 Å². The van der Waals surface area contributed by atoms with Crippen molar-refractivity contribution in [2.45, 2.75) is 13.3 Å². The van der Waals surface area contributed by atoms with Crippen molar-refractivity contribution in [1.29, 1.82) is 0 Å². The second-order valence-corrected chi connectivity index (χ2v) is 6.22. The highest BCUT2D eigenvalue weighted by Crippen LogP contribution is 2.17. The number of carbonyl (C=O) groups is 2. The highest BCUT2D eigenvalue weighted by atomic mass is 19.2. The van der Waals surface area contributed by atoms with Crippen molar-refractivity contribution >= 4 is 23.9 Å². The van der Waals surface area contributed by atoms with E-state index in [1.165, 1.54) is 24.3 Å². The first kappa shape index (κ1) is 23.6. The summed E-state index contributed by atoms with van der Waals surface area (Å²) in [4.78, 5) is 24.4. The molecule has 0 saturated heterocycles. The smallest absolute Gasteiger partial charge is 0.310 e. The van der Waals surface area contributed by atoms with Crippen LogP contribution in [-0.2, 0) is 14.3 Å². The molecule has 1 N–H and O–H groups in total. The highest BCUT2D eigenvalue weighted by molar-refractivity contribution is 6.09. The molecule has 0 spiro atoms. The van der Waals surface area contributed by atoms with E-state index < -0.39 is 47.2 Å². The molecule has 0 aliphatic heterocycles. The van der Waals surface area contributed by atoms with Crippen molar-refractivity contribution in [2.24, 2.45) is 0 Å². The van der Waals surface area contributed by atoms with Crippen LogP contribution in [0.3, 0.4) is 0 Å². The predicted octanol–water partition coefficient (Wildman–Crippen LogP) is 5.30. The van der Waals surface area contributed by atoms with Gasteiger partial charge in [-0.15, -0.1) is 0 Å². The largest absolute Gasteiger partial charge is 0.508 e. The van der Waals surface area contributed by atoms with Crippen molar-refractivity contribution in [3.8, 4) is 0 Å². The SMILES string of the molecule is CCOC(=O)C/C(C(=O)/C=C/c1ccc(F)c(F)c1)=C(O)\C=C\c1ccc(F)c(F)c1. The molecule has 2 rings (SSSR count). The minimum atomic E-state index is -1.10. The summed E-state index contributed by atoms with van der Waals surface area (Å²) in [7, 11) is 0. The van der Waals surface area contributed by atoms with Crippen LogP contribution in [0.1, 0.15) is 24.5 Å². The average Bonchev–Trinajstić information content (AvgIpc) is 2.73. The van der Waals surface area contributed by atoms with E-state index in [4.69, 9.17) is 4.74 Å². The number of ketones is 1. The Kier molecular flexibility index (Phi) is 8.31. The second-order valence-electron chi connectivity index (χ2n) is 6.22. The molecule has 0 heterocycles. The molecule has 4 nitrogen and oxygen atoms in total. The van der Waals surface area contributed by atoms with Crippen LogP contribution in [0.5, 0.6) is 0 Å². The fraction of sp³-hybridized carbons (Fsp3) is 0.130. The van der Waals surface area contributed by atoms with Crippen molar-refractivity contribution in [2.75, 3.05) is 6.61 Å². The number of hydrogen-bond acceptors (Lipinski definition) is 4. The van der Waals surface area contributed by atoms with Crippen LogP contribution >= 0.6 is 0 Å². The van der Waals surface area contributed by atoms with Gasteiger partial charge in [0.15, 0.2) is 29.1 Å². The summed E-state index contributed by atoms with van der Waals surface area (Å²) in [5, 5.41) is 10.3. The van der Waals surface area contributed by atoms with Gasteiger partial charge in [-0.25, -0.2) is 17.6 Å². The first-order valence-corrected chi connectivity index (χ1v) is 9.09. The molecule has 8 heteroatoms. The number of benzene rings is 2. The summed E-state index contributed by atoms with van der Waals surface area (Å²) in [6, 6.07) is 6.02. The van der Waals surface area contributed by atoms with E-state index in [1.54, 1.807) is 6.92 Å². The third kappa shape index (κ3) is 6.95. The standard InChI is InChI=1S/C23H18F4O4/c1-2-31-23(30)13-16(21(28)9-5-14-3-7-17(24)19(26)11-14)22(29)10-6-15-4-8-18(25)20(27)12-15/h3-12,28H,2,13H2,1H3/b9-5+,10-6+,21-16-. The van der Waals surface area contributed by atoms with Crippen LogP contribution in [0.15, 0.2) is 59.9 Å². The lowest BCUT2D eigenvalue weighted by molar-refractivity contribution is -0.142. The number of aliphatic hydroxyl groups excluding tert-OH is 1. The Labute approximate surface area is 175 Å². The molecular weight excluding hydrogens is 416 g/mol. The maximum atomic E-state index is 13.3. The van der Waals surface area contributed by atoms with Gasteiger partial charge in [0.25, 0.3) is 0 Å². The number of allylic oxidation sites excluding steroid dienone is 2. The molecular formula is C23H18F4O4. The van der Waals surface area contributed by atoms with E-state index in [-0.39, 0.29) is 23.3 Å². The number of aliphatic hydroxyl groups is 1. The minimum absolute atomic E-state index is 0.0520. The van der Waals surface area contributed by atoms with E-state index in [9.17, 15) is 32.3 Å². The second kappa shape index (κ2) is 10.9. The van der Waals surface area contributed by atoms with Crippen LogP contribution in [-0.4, -0.2) is 23.5 Å². The zero-order chi connectivity index (χ0) is 23.0. The normalized spacial score (nSPS) is 12.3. The number of carbonyl (C=O) groups excluding carboxylic acids is 2. The fourth-order valence-corrected chi connectivity index (χ4v) is 2.44. The molecule has 0 radical (unpaired) electrons. The van der Waals surface area contributed by atoms with E-state index in [2.05, 4.69) is 0 Å². The summed E-state index contributed by atoms with van der Waals surface area (Å²) in [6.07, 6.45) is 3.86. The van der Waals surface area contributed by atoms with Gasteiger partial charge in [0.1, 0.15) is 5.76 Å². The van der Waals surface area contributed by atoms with Crippen molar-refractivity contribution in [3.63, 3.8) is 0 Å². The molecule has 0 aromatic heterocycles. The number of ether oxygens (including phenoxy) is 1. The molecule has 2 aromatic rings. The fourth-order valence-electron chi connectivity index (χ4n) is 2.44. The van der Waals surface area contributed by atoms with Gasteiger partial charge < -0.3 is 9.84 Å². The van der Waals surface area contributed by atoms with Gasteiger partial charge in [0.05, 0.1) is 18.6 Å². The van der Waals surface area contributed by atoms with Crippen LogP contribution in [0, 0.1) is 23.3 Å². The number of hydrogen-bond donors (Lipinski definition) is 1. The van der Waals surface area contributed by atoms with E-state index in [1.807, 2.05) is 0 Å². The molecule has 0 saturated carbocycles. The summed E-state index contributed by atoms with van der Waals surface area (Å²) in [5.74, 6) is -6.45. The van der Waals surface area contributed by atoms with Crippen LogP contribution in [0.25, 0.3) is 12.2 Å². The van der Waals surface area contributed by atoms with Gasteiger partial charge in [-0.3, -0.25) is 9.59 Å². The highest BCUT2D eigenvalue weighted by Gasteiger charge is 2.17. The lowest BCUT2D eigenvalue weighted by Crippen LogP contribution is -2.11. The molecule has 0 aliphatic carbocycles.